The first-order chi connectivity index (χ1) is 15.2. The van der Waals surface area contributed by atoms with E-state index in [1.54, 1.807) is 18.2 Å². The van der Waals surface area contributed by atoms with Crippen LogP contribution >= 0.6 is 0 Å². The number of aryl methyl sites for hydroxylation is 1. The molecule has 0 bridgehead atoms. The number of fused-ring (bicyclic) bond motifs is 1. The number of benzene rings is 2. The minimum Gasteiger partial charge on any atom is -0.366 e. The highest BCUT2D eigenvalue weighted by atomic mass is 19.1. The Bertz CT molecular complexity index is 1080. The first kappa shape index (κ1) is 23.5. The first-order valence-corrected chi connectivity index (χ1v) is 11.3. The zero-order chi connectivity index (χ0) is 23.5. The number of nitriles is 1. The molecule has 1 atom stereocenters. The summed E-state index contributed by atoms with van der Waals surface area (Å²) in [6.07, 6.45) is 4.03. The van der Waals surface area contributed by atoms with Gasteiger partial charge in [0.15, 0.2) is 0 Å². The molecule has 1 N–H and O–H groups in total. The third-order valence-corrected chi connectivity index (χ3v) is 6.26. The van der Waals surface area contributed by atoms with Gasteiger partial charge in [-0.1, -0.05) is 39.0 Å². The van der Waals surface area contributed by atoms with Gasteiger partial charge in [0, 0.05) is 29.0 Å². The van der Waals surface area contributed by atoms with Gasteiger partial charge in [-0.25, -0.2) is 4.39 Å². The third-order valence-electron chi connectivity index (χ3n) is 6.26. The summed E-state index contributed by atoms with van der Waals surface area (Å²) >= 11 is 0. The van der Waals surface area contributed by atoms with E-state index < -0.39 is 11.7 Å². The normalized spacial score (nSPS) is 17.5. The van der Waals surface area contributed by atoms with Crippen LogP contribution in [0.2, 0.25) is 0 Å². The molecule has 1 unspecified atom stereocenters. The minimum atomic E-state index is -0.535. The molecule has 1 amide bonds. The smallest absolute Gasteiger partial charge is 0.266 e. The van der Waals surface area contributed by atoms with E-state index in [1.807, 2.05) is 31.2 Å². The molecular formula is C27H32FN3O. The van der Waals surface area contributed by atoms with Crippen LogP contribution in [0.15, 0.2) is 42.0 Å². The van der Waals surface area contributed by atoms with Crippen LogP contribution in [-0.2, 0) is 11.2 Å². The summed E-state index contributed by atoms with van der Waals surface area (Å²) < 4.78 is 15.2. The van der Waals surface area contributed by atoms with Gasteiger partial charge in [-0.05, 0) is 74.4 Å². The van der Waals surface area contributed by atoms with Gasteiger partial charge in [0.05, 0.1) is 0 Å². The van der Waals surface area contributed by atoms with Crippen molar-refractivity contribution in [2.24, 2.45) is 0 Å². The molecule has 0 saturated heterocycles. The first-order valence-electron chi connectivity index (χ1n) is 11.3. The van der Waals surface area contributed by atoms with Gasteiger partial charge >= 0.3 is 0 Å². The molecular weight excluding hydrogens is 401 g/mol. The standard InChI is InChI=1S/C27H32FN3O/c1-6-12-31-25-15-23(28)20(14-22(25)18(3)16-27(31,4)5)13-21(17-29)26(32)30-24-11-9-8-10-19(24)7-2/h8-11,13-15,18H,6-7,12,16H2,1-5H3,(H,30,32)/b21-13+. The van der Waals surface area contributed by atoms with Gasteiger partial charge < -0.3 is 10.2 Å². The molecule has 0 fully saturated rings. The van der Waals surface area contributed by atoms with E-state index in [0.717, 1.165) is 42.6 Å². The maximum absolute atomic E-state index is 15.2. The molecule has 3 rings (SSSR count). The van der Waals surface area contributed by atoms with E-state index in [0.29, 0.717) is 5.69 Å². The lowest BCUT2D eigenvalue weighted by molar-refractivity contribution is -0.112. The Morgan fingerprint density at radius 3 is 2.69 bits per heavy atom. The Hall–Kier alpha value is -3.13. The van der Waals surface area contributed by atoms with Crippen molar-refractivity contribution in [3.8, 4) is 6.07 Å². The largest absolute Gasteiger partial charge is 0.366 e. The number of carbonyl (C=O) groups excluding carboxylic acids is 1. The molecule has 4 nitrogen and oxygen atoms in total. The Morgan fingerprint density at radius 1 is 1.31 bits per heavy atom. The fraction of sp³-hybridized carbons (Fsp3) is 0.407. The summed E-state index contributed by atoms with van der Waals surface area (Å²) in [5.41, 5.74) is 3.69. The second-order valence-electron chi connectivity index (χ2n) is 9.14. The lowest BCUT2D eigenvalue weighted by Gasteiger charge is -2.47. The number of hydrogen-bond donors (Lipinski definition) is 1. The predicted octanol–water partition coefficient (Wildman–Crippen LogP) is 6.44. The van der Waals surface area contributed by atoms with E-state index in [2.05, 4.69) is 37.9 Å². The second kappa shape index (κ2) is 9.56. The Morgan fingerprint density at radius 2 is 2.03 bits per heavy atom. The van der Waals surface area contributed by atoms with Gasteiger partial charge in [0.25, 0.3) is 5.91 Å². The summed E-state index contributed by atoms with van der Waals surface area (Å²) in [6, 6.07) is 12.8. The average molecular weight is 434 g/mol. The maximum Gasteiger partial charge on any atom is 0.266 e. The molecule has 0 radical (unpaired) electrons. The molecule has 0 aromatic heterocycles. The van der Waals surface area contributed by atoms with Crippen LogP contribution in [0.4, 0.5) is 15.8 Å². The van der Waals surface area contributed by atoms with Crippen molar-refractivity contribution < 1.29 is 9.18 Å². The van der Waals surface area contributed by atoms with Crippen molar-refractivity contribution in [2.75, 3.05) is 16.8 Å². The van der Waals surface area contributed by atoms with Crippen molar-refractivity contribution in [1.29, 1.82) is 5.26 Å². The number of hydrogen-bond acceptors (Lipinski definition) is 3. The van der Waals surface area contributed by atoms with Gasteiger partial charge in [0.1, 0.15) is 17.5 Å². The molecule has 0 spiro atoms. The highest BCUT2D eigenvalue weighted by Crippen LogP contribution is 2.44. The number of amides is 1. The van der Waals surface area contributed by atoms with Gasteiger partial charge in [-0.3, -0.25) is 4.79 Å². The molecule has 2 aromatic rings. The fourth-order valence-corrected chi connectivity index (χ4v) is 4.72. The van der Waals surface area contributed by atoms with E-state index in [4.69, 9.17) is 0 Å². The topological polar surface area (TPSA) is 56.1 Å². The molecule has 32 heavy (non-hydrogen) atoms. The average Bonchev–Trinajstić information content (AvgIpc) is 2.75. The molecule has 168 valence electrons. The zero-order valence-electron chi connectivity index (χ0n) is 19.6. The number of carbonyl (C=O) groups is 1. The monoisotopic (exact) mass is 433 g/mol. The van der Waals surface area contributed by atoms with E-state index in [-0.39, 0.29) is 22.6 Å². The summed E-state index contributed by atoms with van der Waals surface area (Å²) in [5, 5.41) is 12.4. The summed E-state index contributed by atoms with van der Waals surface area (Å²) in [4.78, 5) is 15.0. The molecule has 1 aliphatic rings. The van der Waals surface area contributed by atoms with Crippen LogP contribution in [0.3, 0.4) is 0 Å². The van der Waals surface area contributed by atoms with Crippen LogP contribution in [0, 0.1) is 17.1 Å². The fourth-order valence-electron chi connectivity index (χ4n) is 4.72. The summed E-state index contributed by atoms with van der Waals surface area (Å²) in [5.74, 6) is -0.715. The molecule has 2 aromatic carbocycles. The third kappa shape index (κ3) is 4.70. The lowest BCUT2D eigenvalue weighted by atomic mass is 9.79. The number of nitrogens with one attached hydrogen (secondary N) is 1. The summed E-state index contributed by atoms with van der Waals surface area (Å²) in [7, 11) is 0. The number of para-hydroxylation sites is 1. The predicted molar refractivity (Wildman–Crippen MR) is 129 cm³/mol. The SMILES string of the molecule is CCCN1c2cc(F)c(/C=C(\C#N)C(=O)Nc3ccccc3CC)cc2C(C)CC1(C)C. The van der Waals surface area contributed by atoms with Crippen molar-refractivity contribution in [3.05, 3.63) is 64.5 Å². The Balaban J connectivity index is 1.98. The molecule has 0 aliphatic carbocycles. The van der Waals surface area contributed by atoms with E-state index in [9.17, 15) is 10.1 Å². The highest BCUT2D eigenvalue weighted by Gasteiger charge is 2.36. The highest BCUT2D eigenvalue weighted by molar-refractivity contribution is 6.10. The minimum absolute atomic E-state index is 0.0589. The number of nitrogens with zero attached hydrogens (tertiary/aromatic N) is 2. The number of halogens is 1. The van der Waals surface area contributed by atoms with Gasteiger partial charge in [-0.2, -0.15) is 5.26 Å². The number of anilines is 2. The van der Waals surface area contributed by atoms with Gasteiger partial charge in [0.2, 0.25) is 0 Å². The molecule has 0 saturated carbocycles. The quantitative estimate of drug-likeness (QED) is 0.421. The summed E-state index contributed by atoms with van der Waals surface area (Å²) in [6.45, 7) is 11.5. The van der Waals surface area contributed by atoms with Crippen LogP contribution in [0.5, 0.6) is 0 Å². The molecule has 5 heteroatoms. The van der Waals surface area contributed by atoms with Crippen molar-refractivity contribution in [2.45, 2.75) is 65.3 Å². The van der Waals surface area contributed by atoms with Crippen molar-refractivity contribution in [3.63, 3.8) is 0 Å². The van der Waals surface area contributed by atoms with Gasteiger partial charge in [-0.15, -0.1) is 0 Å². The zero-order valence-corrected chi connectivity index (χ0v) is 19.6. The lowest BCUT2D eigenvalue weighted by Crippen LogP contribution is -2.48. The molecule has 1 heterocycles. The molecule has 1 aliphatic heterocycles. The van der Waals surface area contributed by atoms with Crippen LogP contribution in [-0.4, -0.2) is 18.0 Å². The number of rotatable bonds is 6. The Labute approximate surface area is 190 Å². The Kier molecular flexibility index (Phi) is 7.03. The van der Waals surface area contributed by atoms with Crippen molar-refractivity contribution in [1.82, 2.24) is 0 Å². The van der Waals surface area contributed by atoms with Crippen LogP contribution < -0.4 is 10.2 Å². The van der Waals surface area contributed by atoms with E-state index in [1.165, 1.54) is 6.08 Å². The second-order valence-corrected chi connectivity index (χ2v) is 9.14. The maximum atomic E-state index is 15.2. The van der Waals surface area contributed by atoms with Crippen LogP contribution in [0.25, 0.3) is 6.08 Å². The van der Waals surface area contributed by atoms with E-state index >= 15 is 4.39 Å². The van der Waals surface area contributed by atoms with Crippen molar-refractivity contribution >= 4 is 23.4 Å². The van der Waals surface area contributed by atoms with Crippen LogP contribution in [0.1, 0.15) is 70.1 Å².